The Morgan fingerprint density at radius 3 is 2.62 bits per heavy atom. The molecule has 0 saturated carbocycles. The third-order valence-corrected chi connectivity index (χ3v) is 7.20. The number of ether oxygens (including phenoxy) is 2. The fraction of sp³-hybridized carbons (Fsp3) is 0.179. The van der Waals surface area contributed by atoms with Gasteiger partial charge >= 0.3 is 5.97 Å². The van der Waals surface area contributed by atoms with Crippen LogP contribution in [0.1, 0.15) is 31.2 Å². The van der Waals surface area contributed by atoms with Gasteiger partial charge in [0.2, 0.25) is 0 Å². The first-order valence-corrected chi connectivity index (χ1v) is 12.8. The fourth-order valence-electron chi connectivity index (χ4n) is 4.44. The smallest absolute Gasteiger partial charge is 0.338 e. The Hall–Kier alpha value is -4.77. The molecular formula is C28H23N3O7S. The highest BCUT2D eigenvalue weighted by atomic mass is 32.1. The Kier molecular flexibility index (Phi) is 6.99. The van der Waals surface area contributed by atoms with Gasteiger partial charge in [-0.15, -0.1) is 0 Å². The Balaban J connectivity index is 1.63. The number of rotatable bonds is 7. The molecule has 11 heteroatoms. The van der Waals surface area contributed by atoms with Crippen LogP contribution in [0.25, 0.3) is 17.4 Å². The predicted octanol–water partition coefficient (Wildman–Crippen LogP) is 3.98. The SMILES string of the molecule is CCOC(=O)C1=C(C)N=c2s/c(=C\c3ccc(-c4ccccc4[N+](=O)[O-])o3)c(=O)n2C1c1ccc(OC)cc1. The van der Waals surface area contributed by atoms with Crippen molar-refractivity contribution in [2.24, 2.45) is 4.99 Å². The Morgan fingerprint density at radius 1 is 1.18 bits per heavy atom. The molecule has 2 aromatic carbocycles. The number of aromatic nitrogens is 1. The van der Waals surface area contributed by atoms with E-state index in [4.69, 9.17) is 13.9 Å². The van der Waals surface area contributed by atoms with Crippen molar-refractivity contribution in [2.45, 2.75) is 19.9 Å². The summed E-state index contributed by atoms with van der Waals surface area (Å²) in [5, 5.41) is 11.4. The maximum Gasteiger partial charge on any atom is 0.338 e. The first-order valence-electron chi connectivity index (χ1n) is 12.0. The largest absolute Gasteiger partial charge is 0.497 e. The number of esters is 1. The van der Waals surface area contributed by atoms with Gasteiger partial charge in [-0.1, -0.05) is 35.6 Å². The normalized spacial score (nSPS) is 15.1. The number of hydrogen-bond donors (Lipinski definition) is 0. The van der Waals surface area contributed by atoms with Crippen LogP contribution in [0.2, 0.25) is 0 Å². The number of benzene rings is 2. The molecule has 39 heavy (non-hydrogen) atoms. The Labute approximate surface area is 225 Å². The average molecular weight is 546 g/mol. The number of nitro benzene ring substituents is 1. The molecule has 5 rings (SSSR count). The number of furan rings is 1. The summed E-state index contributed by atoms with van der Waals surface area (Å²) in [6.45, 7) is 3.61. The van der Waals surface area contributed by atoms with E-state index in [2.05, 4.69) is 4.99 Å². The number of hydrogen-bond acceptors (Lipinski definition) is 9. The molecule has 0 spiro atoms. The maximum absolute atomic E-state index is 13.7. The number of carbonyl (C=O) groups excluding carboxylic acids is 1. The van der Waals surface area contributed by atoms with Gasteiger partial charge in [0.15, 0.2) is 4.80 Å². The molecule has 2 aromatic heterocycles. The van der Waals surface area contributed by atoms with Gasteiger partial charge in [0.1, 0.15) is 17.3 Å². The Morgan fingerprint density at radius 2 is 1.92 bits per heavy atom. The number of methoxy groups -OCH3 is 1. The van der Waals surface area contributed by atoms with Crippen molar-refractivity contribution >= 4 is 29.1 Å². The summed E-state index contributed by atoms with van der Waals surface area (Å²) in [6.07, 6.45) is 1.57. The van der Waals surface area contributed by atoms with Crippen LogP contribution in [-0.2, 0) is 9.53 Å². The molecule has 4 aromatic rings. The lowest BCUT2D eigenvalue weighted by atomic mass is 9.96. The molecule has 0 bridgehead atoms. The summed E-state index contributed by atoms with van der Waals surface area (Å²) >= 11 is 1.16. The van der Waals surface area contributed by atoms with Crippen molar-refractivity contribution < 1.29 is 23.6 Å². The highest BCUT2D eigenvalue weighted by molar-refractivity contribution is 7.07. The van der Waals surface area contributed by atoms with E-state index >= 15 is 0 Å². The Bertz CT molecular complexity index is 1800. The number of fused-ring (bicyclic) bond motifs is 1. The average Bonchev–Trinajstić information content (AvgIpc) is 3.52. The maximum atomic E-state index is 13.7. The van der Waals surface area contributed by atoms with Crippen LogP contribution >= 0.6 is 11.3 Å². The minimum absolute atomic E-state index is 0.0840. The van der Waals surface area contributed by atoms with E-state index in [0.29, 0.717) is 43.4 Å². The van der Waals surface area contributed by atoms with Gasteiger partial charge in [0.25, 0.3) is 11.2 Å². The van der Waals surface area contributed by atoms with E-state index in [0.717, 1.165) is 11.3 Å². The van der Waals surface area contributed by atoms with Gasteiger partial charge in [-0.2, -0.15) is 0 Å². The molecule has 1 atom stereocenters. The lowest BCUT2D eigenvalue weighted by molar-refractivity contribution is -0.384. The molecule has 1 unspecified atom stereocenters. The van der Waals surface area contributed by atoms with E-state index in [1.165, 1.54) is 10.6 Å². The van der Waals surface area contributed by atoms with Crippen molar-refractivity contribution in [3.8, 4) is 17.1 Å². The number of nitrogens with zero attached hydrogens (tertiary/aromatic N) is 3. The summed E-state index contributed by atoms with van der Waals surface area (Å²) in [6, 6.07) is 15.9. The van der Waals surface area contributed by atoms with E-state index in [-0.39, 0.29) is 23.4 Å². The highest BCUT2D eigenvalue weighted by Crippen LogP contribution is 2.32. The van der Waals surface area contributed by atoms with Gasteiger partial charge in [0.05, 0.1) is 46.0 Å². The van der Waals surface area contributed by atoms with Crippen molar-refractivity contribution in [1.29, 1.82) is 0 Å². The van der Waals surface area contributed by atoms with Gasteiger partial charge in [-0.05, 0) is 49.7 Å². The molecule has 1 aliphatic heterocycles. The molecule has 1 aliphatic rings. The fourth-order valence-corrected chi connectivity index (χ4v) is 5.47. The number of para-hydroxylation sites is 1. The number of allylic oxidation sites excluding steroid dienone is 1. The zero-order valence-corrected chi connectivity index (χ0v) is 22.1. The van der Waals surface area contributed by atoms with E-state index in [1.807, 2.05) is 0 Å². The molecule has 198 valence electrons. The van der Waals surface area contributed by atoms with Crippen LogP contribution in [0.4, 0.5) is 5.69 Å². The summed E-state index contributed by atoms with van der Waals surface area (Å²) in [7, 11) is 1.56. The molecule has 0 N–H and O–H groups in total. The van der Waals surface area contributed by atoms with Crippen LogP contribution in [-0.4, -0.2) is 29.2 Å². The third-order valence-electron chi connectivity index (χ3n) is 6.21. The predicted molar refractivity (Wildman–Crippen MR) is 144 cm³/mol. The molecule has 0 fully saturated rings. The van der Waals surface area contributed by atoms with E-state index in [1.54, 1.807) is 81.6 Å². The first kappa shape index (κ1) is 25.9. The summed E-state index contributed by atoms with van der Waals surface area (Å²) < 4.78 is 18.3. The number of carbonyl (C=O) groups is 1. The standard InChI is InChI=1S/C28H23N3O7S/c1-4-37-27(33)24-16(2)29-28-30(25(24)17-9-11-18(36-3)12-10-17)26(32)23(39-28)15-19-13-14-22(38-19)20-7-5-6-8-21(20)31(34)35/h5-15,25H,4H2,1-3H3/b23-15-. The van der Waals surface area contributed by atoms with Crippen molar-refractivity contribution in [2.75, 3.05) is 13.7 Å². The quantitative estimate of drug-likeness (QED) is 0.195. The molecule has 0 radical (unpaired) electrons. The van der Waals surface area contributed by atoms with Crippen molar-refractivity contribution in [3.05, 3.63) is 113 Å². The lowest BCUT2D eigenvalue weighted by Crippen LogP contribution is -2.39. The van der Waals surface area contributed by atoms with Crippen molar-refractivity contribution in [1.82, 2.24) is 4.57 Å². The van der Waals surface area contributed by atoms with Gasteiger partial charge in [-0.3, -0.25) is 19.5 Å². The van der Waals surface area contributed by atoms with Crippen LogP contribution < -0.4 is 19.6 Å². The van der Waals surface area contributed by atoms with E-state index < -0.39 is 16.9 Å². The van der Waals surface area contributed by atoms with Crippen molar-refractivity contribution in [3.63, 3.8) is 0 Å². The van der Waals surface area contributed by atoms with Crippen LogP contribution in [0.15, 0.2) is 86.1 Å². The minimum Gasteiger partial charge on any atom is -0.497 e. The third kappa shape index (κ3) is 4.79. The molecule has 3 heterocycles. The first-order chi connectivity index (χ1) is 18.8. The monoisotopic (exact) mass is 545 g/mol. The second kappa shape index (κ2) is 10.5. The molecule has 10 nitrogen and oxygen atoms in total. The summed E-state index contributed by atoms with van der Waals surface area (Å²) in [5.74, 6) is 0.736. The molecule has 0 saturated heterocycles. The van der Waals surface area contributed by atoms with Gasteiger partial charge < -0.3 is 13.9 Å². The lowest BCUT2D eigenvalue weighted by Gasteiger charge is -2.24. The zero-order chi connectivity index (χ0) is 27.7. The van der Waals surface area contributed by atoms with Gasteiger partial charge in [-0.25, -0.2) is 9.79 Å². The number of thiazole rings is 1. The van der Waals surface area contributed by atoms with E-state index in [9.17, 15) is 19.7 Å². The topological polar surface area (TPSA) is 126 Å². The second-order valence-corrected chi connectivity index (χ2v) is 9.56. The van der Waals surface area contributed by atoms with Crippen LogP contribution in [0.5, 0.6) is 5.75 Å². The van der Waals surface area contributed by atoms with Crippen LogP contribution in [0.3, 0.4) is 0 Å². The summed E-state index contributed by atoms with van der Waals surface area (Å²) in [4.78, 5) is 42.7. The highest BCUT2D eigenvalue weighted by Gasteiger charge is 2.33. The van der Waals surface area contributed by atoms with Crippen LogP contribution in [0, 0.1) is 10.1 Å². The number of nitro groups is 1. The molecular weight excluding hydrogens is 522 g/mol. The summed E-state index contributed by atoms with van der Waals surface area (Å²) in [5.41, 5.74) is 1.31. The minimum atomic E-state index is -0.757. The second-order valence-electron chi connectivity index (χ2n) is 8.55. The van der Waals surface area contributed by atoms with Gasteiger partial charge in [0, 0.05) is 12.1 Å². The molecule has 0 aliphatic carbocycles. The zero-order valence-electron chi connectivity index (χ0n) is 21.2. The molecule has 0 amide bonds.